The van der Waals surface area contributed by atoms with Crippen LogP contribution in [0.1, 0.15) is 34.7 Å². The number of esters is 2. The summed E-state index contributed by atoms with van der Waals surface area (Å²) < 4.78 is 10.2. The van der Waals surface area contributed by atoms with E-state index in [1.165, 1.54) is 0 Å². The third-order valence-corrected chi connectivity index (χ3v) is 3.68. The number of para-hydroxylation sites is 1. The second kappa shape index (κ2) is 6.66. The minimum Gasteiger partial charge on any atom is -0.462 e. The van der Waals surface area contributed by atoms with Crippen LogP contribution in [-0.4, -0.2) is 30.1 Å². The van der Waals surface area contributed by atoms with E-state index in [0.717, 1.165) is 10.8 Å². The van der Waals surface area contributed by atoms with Crippen LogP contribution in [0, 0.1) is 0 Å². The van der Waals surface area contributed by atoms with Crippen LogP contribution in [0.5, 0.6) is 0 Å². The summed E-state index contributed by atoms with van der Waals surface area (Å²) in [6.45, 7) is 4.03. The van der Waals surface area contributed by atoms with Gasteiger partial charge in [0.15, 0.2) is 5.69 Å². The molecule has 0 unspecified atom stereocenters. The van der Waals surface area contributed by atoms with Gasteiger partial charge in [0.2, 0.25) is 0 Å². The molecule has 1 heterocycles. The second-order valence-corrected chi connectivity index (χ2v) is 5.18. The zero-order valence-corrected chi connectivity index (χ0v) is 13.5. The summed E-state index contributed by atoms with van der Waals surface area (Å²) in [5.74, 6) is -0.934. The number of rotatable bonds is 4. The first kappa shape index (κ1) is 15.9. The summed E-state index contributed by atoms with van der Waals surface area (Å²) in [7, 11) is 0. The number of fused-ring (bicyclic) bond motifs is 3. The number of aromatic nitrogens is 1. The molecule has 3 aromatic rings. The molecule has 1 aromatic heterocycles. The van der Waals surface area contributed by atoms with Gasteiger partial charge in [-0.25, -0.2) is 14.6 Å². The van der Waals surface area contributed by atoms with Gasteiger partial charge < -0.3 is 9.47 Å². The van der Waals surface area contributed by atoms with Crippen molar-refractivity contribution in [3.63, 3.8) is 0 Å². The van der Waals surface area contributed by atoms with Crippen LogP contribution in [0.4, 0.5) is 0 Å². The molecule has 0 spiro atoms. The fraction of sp³-hybridized carbons (Fsp3) is 0.211. The number of hydrogen-bond donors (Lipinski definition) is 0. The predicted molar refractivity (Wildman–Crippen MR) is 91.2 cm³/mol. The molecular formula is C19H17NO4. The van der Waals surface area contributed by atoms with Crippen molar-refractivity contribution in [2.75, 3.05) is 13.2 Å². The van der Waals surface area contributed by atoms with E-state index in [-0.39, 0.29) is 18.9 Å². The van der Waals surface area contributed by atoms with Gasteiger partial charge in [-0.05, 0) is 37.4 Å². The van der Waals surface area contributed by atoms with Crippen molar-refractivity contribution < 1.29 is 19.1 Å². The molecule has 122 valence electrons. The average Bonchev–Trinajstić information content (AvgIpc) is 2.61. The van der Waals surface area contributed by atoms with Crippen LogP contribution in [0.2, 0.25) is 0 Å². The highest BCUT2D eigenvalue weighted by atomic mass is 16.5. The van der Waals surface area contributed by atoms with Crippen LogP contribution < -0.4 is 0 Å². The normalized spacial score (nSPS) is 10.8. The van der Waals surface area contributed by atoms with Crippen molar-refractivity contribution in [1.29, 1.82) is 0 Å². The van der Waals surface area contributed by atoms with Crippen LogP contribution in [0.25, 0.3) is 21.7 Å². The summed E-state index contributed by atoms with van der Waals surface area (Å²) in [5, 5.41) is 2.34. The van der Waals surface area contributed by atoms with E-state index in [9.17, 15) is 9.59 Å². The molecule has 5 nitrogen and oxygen atoms in total. The quantitative estimate of drug-likeness (QED) is 0.540. The highest BCUT2D eigenvalue weighted by molar-refractivity contribution is 6.14. The Kier molecular flexibility index (Phi) is 4.42. The third kappa shape index (κ3) is 2.80. The van der Waals surface area contributed by atoms with Gasteiger partial charge in [0, 0.05) is 10.8 Å². The minimum absolute atomic E-state index is 0.205. The number of carbonyl (C=O) groups excluding carboxylic acids is 2. The van der Waals surface area contributed by atoms with Gasteiger partial charge in [-0.1, -0.05) is 24.3 Å². The first-order valence-electron chi connectivity index (χ1n) is 7.82. The van der Waals surface area contributed by atoms with Gasteiger partial charge in [0.25, 0.3) is 0 Å². The zero-order chi connectivity index (χ0) is 17.1. The number of pyridine rings is 1. The monoisotopic (exact) mass is 323 g/mol. The van der Waals surface area contributed by atoms with E-state index >= 15 is 0 Å². The second-order valence-electron chi connectivity index (χ2n) is 5.18. The molecule has 2 aromatic carbocycles. The largest absolute Gasteiger partial charge is 0.462 e. The van der Waals surface area contributed by atoms with E-state index in [0.29, 0.717) is 16.5 Å². The average molecular weight is 323 g/mol. The fourth-order valence-corrected chi connectivity index (χ4v) is 2.65. The van der Waals surface area contributed by atoms with Crippen molar-refractivity contribution in [1.82, 2.24) is 4.98 Å². The van der Waals surface area contributed by atoms with Crippen molar-refractivity contribution >= 4 is 33.6 Å². The highest BCUT2D eigenvalue weighted by Crippen LogP contribution is 2.28. The molecule has 0 fully saturated rings. The Labute approximate surface area is 139 Å². The van der Waals surface area contributed by atoms with Gasteiger partial charge >= 0.3 is 11.9 Å². The zero-order valence-electron chi connectivity index (χ0n) is 13.5. The van der Waals surface area contributed by atoms with E-state index < -0.39 is 11.9 Å². The smallest absolute Gasteiger partial charge is 0.357 e. The lowest BCUT2D eigenvalue weighted by molar-refractivity contribution is 0.0512. The van der Waals surface area contributed by atoms with E-state index in [2.05, 4.69) is 4.98 Å². The summed E-state index contributed by atoms with van der Waals surface area (Å²) in [5.41, 5.74) is 1.29. The summed E-state index contributed by atoms with van der Waals surface area (Å²) >= 11 is 0. The Morgan fingerprint density at radius 1 is 0.875 bits per heavy atom. The Morgan fingerprint density at radius 2 is 1.58 bits per heavy atom. The SMILES string of the molecule is CCOC(=O)c1ccc2c(c1)c(C(=O)OCC)nc1ccccc12. The molecule has 0 atom stereocenters. The van der Waals surface area contributed by atoms with Gasteiger partial charge in [0.05, 0.1) is 24.3 Å². The molecule has 0 bridgehead atoms. The Balaban J connectivity index is 2.29. The van der Waals surface area contributed by atoms with Crippen LogP contribution >= 0.6 is 0 Å². The van der Waals surface area contributed by atoms with Gasteiger partial charge in [-0.3, -0.25) is 0 Å². The number of nitrogens with zero attached hydrogens (tertiary/aromatic N) is 1. The number of carbonyl (C=O) groups is 2. The van der Waals surface area contributed by atoms with Gasteiger partial charge in [-0.2, -0.15) is 0 Å². The van der Waals surface area contributed by atoms with E-state index in [1.54, 1.807) is 26.0 Å². The molecule has 0 saturated carbocycles. The molecule has 0 saturated heterocycles. The Morgan fingerprint density at radius 3 is 2.33 bits per heavy atom. The molecule has 5 heteroatoms. The summed E-state index contributed by atoms with van der Waals surface area (Å²) in [4.78, 5) is 28.8. The van der Waals surface area contributed by atoms with E-state index in [1.807, 2.05) is 30.3 Å². The molecule has 0 aliphatic heterocycles. The number of ether oxygens (including phenoxy) is 2. The fourth-order valence-electron chi connectivity index (χ4n) is 2.65. The summed E-state index contributed by atoms with van der Waals surface area (Å²) in [6, 6.07) is 12.7. The maximum Gasteiger partial charge on any atom is 0.357 e. The van der Waals surface area contributed by atoms with Crippen LogP contribution in [0.15, 0.2) is 42.5 Å². The first-order chi connectivity index (χ1) is 11.7. The standard InChI is InChI=1S/C19H17NO4/c1-3-23-18(21)12-9-10-13-14-7-5-6-8-16(14)20-17(15(13)11-12)19(22)24-4-2/h5-11H,3-4H2,1-2H3. The van der Waals surface area contributed by atoms with E-state index in [4.69, 9.17) is 9.47 Å². The molecule has 24 heavy (non-hydrogen) atoms. The lowest BCUT2D eigenvalue weighted by Crippen LogP contribution is -2.09. The maximum absolute atomic E-state index is 12.3. The molecular weight excluding hydrogens is 306 g/mol. The molecule has 0 N–H and O–H groups in total. The topological polar surface area (TPSA) is 65.5 Å². The Hall–Kier alpha value is -2.95. The van der Waals surface area contributed by atoms with Crippen molar-refractivity contribution in [3.05, 3.63) is 53.7 Å². The maximum atomic E-state index is 12.3. The number of benzene rings is 2. The number of hydrogen-bond acceptors (Lipinski definition) is 5. The minimum atomic E-state index is -0.505. The highest BCUT2D eigenvalue weighted by Gasteiger charge is 2.18. The molecule has 3 rings (SSSR count). The molecule has 0 radical (unpaired) electrons. The first-order valence-corrected chi connectivity index (χ1v) is 7.82. The van der Waals surface area contributed by atoms with Gasteiger partial charge in [-0.15, -0.1) is 0 Å². The van der Waals surface area contributed by atoms with Crippen molar-refractivity contribution in [3.8, 4) is 0 Å². The Bertz CT molecular complexity index is 933. The molecule has 0 aliphatic carbocycles. The lowest BCUT2D eigenvalue weighted by atomic mass is 10.0. The lowest BCUT2D eigenvalue weighted by Gasteiger charge is -2.10. The van der Waals surface area contributed by atoms with Crippen LogP contribution in [-0.2, 0) is 9.47 Å². The summed E-state index contributed by atoms with van der Waals surface area (Å²) in [6.07, 6.45) is 0. The van der Waals surface area contributed by atoms with Crippen molar-refractivity contribution in [2.24, 2.45) is 0 Å². The molecule has 0 aliphatic rings. The van der Waals surface area contributed by atoms with Crippen LogP contribution in [0.3, 0.4) is 0 Å². The van der Waals surface area contributed by atoms with Gasteiger partial charge in [0.1, 0.15) is 0 Å². The predicted octanol–water partition coefficient (Wildman–Crippen LogP) is 3.74. The third-order valence-electron chi connectivity index (χ3n) is 3.68. The molecule has 0 amide bonds. The van der Waals surface area contributed by atoms with Crippen molar-refractivity contribution in [2.45, 2.75) is 13.8 Å².